The highest BCUT2D eigenvalue weighted by Gasteiger charge is 2.26. The molecule has 304 valence electrons. The van der Waals surface area contributed by atoms with Crippen LogP contribution in [-0.2, 0) is 32.7 Å². The molecule has 0 heterocycles. The van der Waals surface area contributed by atoms with Crippen LogP contribution in [0.5, 0.6) is 0 Å². The number of phosphoric acid groups is 1. The van der Waals surface area contributed by atoms with E-state index in [-0.39, 0.29) is 31.4 Å². The lowest BCUT2D eigenvalue weighted by molar-refractivity contribution is -0.161. The van der Waals surface area contributed by atoms with E-state index in [4.69, 9.17) is 18.5 Å². The molecular weight excluding hydrogens is 683 g/mol. The molecular formula is C41H81O8PS. The van der Waals surface area contributed by atoms with Gasteiger partial charge >= 0.3 is 19.8 Å². The van der Waals surface area contributed by atoms with Gasteiger partial charge in [-0.2, -0.15) is 12.6 Å². The van der Waals surface area contributed by atoms with Gasteiger partial charge in [-0.25, -0.2) is 4.57 Å². The molecule has 0 bridgehead atoms. The first-order valence-electron chi connectivity index (χ1n) is 21.4. The van der Waals surface area contributed by atoms with E-state index in [1.165, 1.54) is 154 Å². The fourth-order valence-electron chi connectivity index (χ4n) is 6.27. The Morgan fingerprint density at radius 3 is 1.20 bits per heavy atom. The second-order valence-electron chi connectivity index (χ2n) is 14.5. The van der Waals surface area contributed by atoms with Gasteiger partial charge in [0.05, 0.1) is 13.2 Å². The molecule has 8 nitrogen and oxygen atoms in total. The Balaban J connectivity index is 4.11. The molecule has 0 amide bonds. The van der Waals surface area contributed by atoms with Crippen molar-refractivity contribution in [2.75, 3.05) is 25.6 Å². The van der Waals surface area contributed by atoms with Crippen molar-refractivity contribution < 1.29 is 37.6 Å². The molecule has 2 unspecified atom stereocenters. The van der Waals surface area contributed by atoms with Gasteiger partial charge in [0.15, 0.2) is 6.10 Å². The number of ether oxygens (including phenoxy) is 2. The summed E-state index contributed by atoms with van der Waals surface area (Å²) in [5.41, 5.74) is 0. The first-order chi connectivity index (χ1) is 24.8. The summed E-state index contributed by atoms with van der Waals surface area (Å²) in [6.07, 6.45) is 37.1. The number of phosphoric ester groups is 1. The Labute approximate surface area is 320 Å². The minimum absolute atomic E-state index is 0.0607. The van der Waals surface area contributed by atoms with Crippen molar-refractivity contribution in [3.63, 3.8) is 0 Å². The fraction of sp³-hybridized carbons (Fsp3) is 0.951. The van der Waals surface area contributed by atoms with Crippen molar-refractivity contribution in [3.8, 4) is 0 Å². The average molecular weight is 765 g/mol. The molecule has 0 aromatic rings. The molecule has 0 saturated carbocycles. The molecule has 0 saturated heterocycles. The zero-order valence-electron chi connectivity index (χ0n) is 33.2. The van der Waals surface area contributed by atoms with Gasteiger partial charge in [-0.05, 0) is 12.8 Å². The van der Waals surface area contributed by atoms with Crippen LogP contribution in [0.2, 0.25) is 0 Å². The lowest BCUT2D eigenvalue weighted by atomic mass is 10.0. The zero-order valence-corrected chi connectivity index (χ0v) is 35.0. The van der Waals surface area contributed by atoms with Crippen LogP contribution in [-0.4, -0.2) is 48.5 Å². The molecule has 0 aliphatic rings. The molecule has 0 aliphatic heterocycles. The number of hydrogen-bond acceptors (Lipinski definition) is 8. The SMILES string of the molecule is CCCCCCCCCCCCCCCCCC(=O)OCC(COP(=O)(O)OCCS)OC(=O)CCCCCCCCCCCCCCCCC. The van der Waals surface area contributed by atoms with Crippen molar-refractivity contribution in [3.05, 3.63) is 0 Å². The second-order valence-corrected chi connectivity index (χ2v) is 16.4. The first kappa shape index (κ1) is 50.4. The maximum Gasteiger partial charge on any atom is 0.472 e. The Morgan fingerprint density at radius 2 is 0.843 bits per heavy atom. The quantitative estimate of drug-likeness (QED) is 0.0274. The van der Waals surface area contributed by atoms with Gasteiger partial charge in [-0.1, -0.05) is 194 Å². The molecule has 0 fully saturated rings. The highest BCUT2D eigenvalue weighted by atomic mass is 32.1. The molecule has 0 rings (SSSR count). The standard InChI is InChI=1S/C41H81O8PS/c1-3-5-7-9-11-13-15-17-19-21-23-25-27-29-31-33-40(42)46-37-39(38-48-50(44,45)47-35-36-51)49-41(43)34-32-30-28-26-24-22-20-18-16-14-12-10-8-6-4-2/h39,51H,3-38H2,1-2H3,(H,44,45). The summed E-state index contributed by atoms with van der Waals surface area (Å²) in [4.78, 5) is 34.9. The van der Waals surface area contributed by atoms with E-state index in [0.717, 1.165) is 32.1 Å². The van der Waals surface area contributed by atoms with Crippen LogP contribution < -0.4 is 0 Å². The van der Waals surface area contributed by atoms with Crippen molar-refractivity contribution in [1.29, 1.82) is 0 Å². The smallest absolute Gasteiger partial charge is 0.462 e. The van der Waals surface area contributed by atoms with Crippen molar-refractivity contribution >= 4 is 32.4 Å². The Morgan fingerprint density at radius 1 is 0.510 bits per heavy atom. The summed E-state index contributed by atoms with van der Waals surface area (Å²) in [5.74, 6) is -0.546. The second kappa shape index (κ2) is 39.1. The average Bonchev–Trinajstić information content (AvgIpc) is 3.11. The van der Waals surface area contributed by atoms with Gasteiger partial charge in [-0.15, -0.1) is 0 Å². The first-order valence-corrected chi connectivity index (χ1v) is 23.5. The highest BCUT2D eigenvalue weighted by molar-refractivity contribution is 7.80. The number of rotatable bonds is 41. The van der Waals surface area contributed by atoms with Crippen molar-refractivity contribution in [1.82, 2.24) is 0 Å². The highest BCUT2D eigenvalue weighted by Crippen LogP contribution is 2.43. The lowest BCUT2D eigenvalue weighted by Crippen LogP contribution is -2.29. The van der Waals surface area contributed by atoms with Crippen LogP contribution in [0.25, 0.3) is 0 Å². The minimum Gasteiger partial charge on any atom is -0.462 e. The van der Waals surface area contributed by atoms with Gasteiger partial charge in [0.25, 0.3) is 0 Å². The van der Waals surface area contributed by atoms with E-state index in [1.807, 2.05) is 0 Å². The van der Waals surface area contributed by atoms with E-state index in [0.29, 0.717) is 12.8 Å². The molecule has 0 radical (unpaired) electrons. The number of carbonyl (C=O) groups excluding carboxylic acids is 2. The number of carbonyl (C=O) groups is 2. The van der Waals surface area contributed by atoms with Gasteiger partial charge < -0.3 is 14.4 Å². The number of unbranched alkanes of at least 4 members (excludes halogenated alkanes) is 28. The van der Waals surface area contributed by atoms with E-state index in [2.05, 4.69) is 26.5 Å². The molecule has 0 aliphatic carbocycles. The monoisotopic (exact) mass is 765 g/mol. The summed E-state index contributed by atoms with van der Waals surface area (Å²) >= 11 is 3.97. The predicted octanol–water partition coefficient (Wildman–Crippen LogP) is 13.0. The predicted molar refractivity (Wildman–Crippen MR) is 216 cm³/mol. The molecule has 2 atom stereocenters. The van der Waals surface area contributed by atoms with Crippen LogP contribution in [0, 0.1) is 0 Å². The van der Waals surface area contributed by atoms with E-state index >= 15 is 0 Å². The minimum atomic E-state index is -4.33. The lowest BCUT2D eigenvalue weighted by Gasteiger charge is -2.19. The molecule has 1 N–H and O–H groups in total. The van der Waals surface area contributed by atoms with Crippen molar-refractivity contribution in [2.45, 2.75) is 225 Å². The normalized spacial score (nSPS) is 13.3. The van der Waals surface area contributed by atoms with E-state index < -0.39 is 26.5 Å². The number of thiol groups is 1. The van der Waals surface area contributed by atoms with Crippen LogP contribution in [0.4, 0.5) is 0 Å². The van der Waals surface area contributed by atoms with Gasteiger partial charge in [0.1, 0.15) is 6.61 Å². The third-order valence-corrected chi connectivity index (χ3v) is 10.6. The summed E-state index contributed by atoms with van der Waals surface area (Å²) in [6, 6.07) is 0. The van der Waals surface area contributed by atoms with Crippen molar-refractivity contribution in [2.24, 2.45) is 0 Å². The van der Waals surface area contributed by atoms with Crippen LogP contribution in [0.3, 0.4) is 0 Å². The van der Waals surface area contributed by atoms with Crippen LogP contribution in [0.1, 0.15) is 219 Å². The maximum atomic E-state index is 12.6. The third-order valence-electron chi connectivity index (χ3n) is 9.47. The summed E-state index contributed by atoms with van der Waals surface area (Å²) < 4.78 is 32.9. The molecule has 51 heavy (non-hydrogen) atoms. The summed E-state index contributed by atoms with van der Waals surface area (Å²) in [7, 11) is -4.33. The van der Waals surface area contributed by atoms with Gasteiger partial charge in [-0.3, -0.25) is 18.6 Å². The topological polar surface area (TPSA) is 108 Å². The summed E-state index contributed by atoms with van der Waals surface area (Å²) in [6.45, 7) is 3.83. The van der Waals surface area contributed by atoms with E-state index in [9.17, 15) is 19.0 Å². The Hall–Kier alpha value is -0.600. The summed E-state index contributed by atoms with van der Waals surface area (Å²) in [5, 5.41) is 0. The number of esters is 2. The molecule has 10 heteroatoms. The van der Waals surface area contributed by atoms with Crippen LogP contribution in [0.15, 0.2) is 0 Å². The Bertz CT molecular complexity index is 815. The van der Waals surface area contributed by atoms with E-state index in [1.54, 1.807) is 0 Å². The van der Waals surface area contributed by atoms with Crippen LogP contribution >= 0.6 is 20.5 Å². The third kappa shape index (κ3) is 38.9. The molecule has 0 spiro atoms. The fourth-order valence-corrected chi connectivity index (χ4v) is 7.26. The van der Waals surface area contributed by atoms with Gasteiger partial charge in [0.2, 0.25) is 0 Å². The Kier molecular flexibility index (Phi) is 38.6. The largest absolute Gasteiger partial charge is 0.472 e. The number of hydrogen-bond donors (Lipinski definition) is 2. The molecule has 0 aromatic carbocycles. The van der Waals surface area contributed by atoms with Gasteiger partial charge in [0, 0.05) is 18.6 Å². The zero-order chi connectivity index (χ0) is 37.5. The maximum absolute atomic E-state index is 12.6. The molecule has 0 aromatic heterocycles.